The number of aryl methyl sites for hydroxylation is 2. The van der Waals surface area contributed by atoms with Crippen LogP contribution in [0, 0.1) is 19.3 Å². The van der Waals surface area contributed by atoms with Crippen molar-refractivity contribution in [2.45, 2.75) is 59.7 Å². The molecule has 0 unspecified atom stereocenters. The summed E-state index contributed by atoms with van der Waals surface area (Å²) in [5.41, 5.74) is 1.34. The maximum absolute atomic E-state index is 13.0. The van der Waals surface area contributed by atoms with E-state index >= 15 is 0 Å². The smallest absolute Gasteiger partial charge is 0.426 e. The van der Waals surface area contributed by atoms with E-state index in [1.54, 1.807) is 18.7 Å². The summed E-state index contributed by atoms with van der Waals surface area (Å²) in [5.74, 6) is -0.847. The number of rotatable bonds is 4. The molecule has 1 heterocycles. The van der Waals surface area contributed by atoms with E-state index in [1.165, 1.54) is 20.8 Å². The average Bonchev–Trinajstić information content (AvgIpc) is 2.55. The highest BCUT2D eigenvalue weighted by molar-refractivity contribution is 5.70. The molecule has 0 aliphatic rings. The highest BCUT2D eigenvalue weighted by Crippen LogP contribution is 2.36. The number of aromatic nitrogens is 2. The minimum absolute atomic E-state index is 0.101. The molecular weight excluding hydrogens is 297 g/mol. The maximum Gasteiger partial charge on any atom is 0.426 e. The second-order valence-corrected chi connectivity index (χ2v) is 6.55. The van der Waals surface area contributed by atoms with Crippen LogP contribution in [0.25, 0.3) is 0 Å². The lowest BCUT2D eigenvalue weighted by Gasteiger charge is -2.31. The Hall–Kier alpha value is -1.53. The van der Waals surface area contributed by atoms with Crippen LogP contribution in [-0.4, -0.2) is 28.0 Å². The zero-order chi connectivity index (χ0) is 17.3. The molecule has 0 N–H and O–H groups in total. The van der Waals surface area contributed by atoms with E-state index in [0.29, 0.717) is 6.42 Å². The predicted octanol–water partition coefficient (Wildman–Crippen LogP) is 3.49. The number of ether oxygens (including phenoxy) is 1. The normalized spacial score (nSPS) is 14.0. The number of halogens is 3. The first-order valence-corrected chi connectivity index (χ1v) is 7.09. The summed E-state index contributed by atoms with van der Waals surface area (Å²) in [6, 6.07) is 0. The number of alkyl halides is 3. The van der Waals surface area contributed by atoms with Crippen molar-refractivity contribution < 1.29 is 22.7 Å². The van der Waals surface area contributed by atoms with Crippen molar-refractivity contribution in [2.24, 2.45) is 12.5 Å². The third-order valence-corrected chi connectivity index (χ3v) is 3.57. The van der Waals surface area contributed by atoms with E-state index in [4.69, 9.17) is 4.74 Å². The number of nitrogens with zero attached hydrogens (tertiary/aromatic N) is 2. The van der Waals surface area contributed by atoms with Gasteiger partial charge in [-0.2, -0.15) is 18.3 Å². The van der Waals surface area contributed by atoms with Crippen molar-refractivity contribution in [3.8, 4) is 0 Å². The lowest BCUT2D eigenvalue weighted by molar-refractivity contribution is -0.244. The van der Waals surface area contributed by atoms with Crippen LogP contribution in [0.1, 0.15) is 44.1 Å². The molecule has 0 saturated heterocycles. The van der Waals surface area contributed by atoms with Crippen molar-refractivity contribution in [3.05, 3.63) is 17.0 Å². The molecule has 1 rings (SSSR count). The second kappa shape index (κ2) is 6.30. The number of hydrogen-bond acceptors (Lipinski definition) is 3. The van der Waals surface area contributed by atoms with Gasteiger partial charge in [0, 0.05) is 24.6 Å². The van der Waals surface area contributed by atoms with Gasteiger partial charge in [-0.25, -0.2) is 0 Å². The molecule has 1 aromatic heterocycles. The Bertz CT molecular complexity index is 528. The molecule has 0 aliphatic carbocycles. The minimum Gasteiger partial charge on any atom is -0.452 e. The molecule has 7 heteroatoms. The summed E-state index contributed by atoms with van der Waals surface area (Å²) in [6.45, 7) is 7.85. The lowest BCUT2D eigenvalue weighted by Crippen LogP contribution is -2.43. The molecule has 0 amide bonds. The minimum atomic E-state index is -4.58. The monoisotopic (exact) mass is 320 g/mol. The molecule has 126 valence electrons. The Kier molecular flexibility index (Phi) is 5.30. The van der Waals surface area contributed by atoms with Crippen LogP contribution in [0.15, 0.2) is 0 Å². The van der Waals surface area contributed by atoms with Gasteiger partial charge >= 0.3 is 12.1 Å². The van der Waals surface area contributed by atoms with Gasteiger partial charge in [0.25, 0.3) is 0 Å². The predicted molar refractivity (Wildman–Crippen MR) is 76.4 cm³/mol. The SMILES string of the molecule is Cc1nn(C)c(C)c1CCC(=O)O[C@@H](C(C)(C)C)C(F)(F)F. The zero-order valence-corrected chi connectivity index (χ0v) is 13.8. The largest absolute Gasteiger partial charge is 0.452 e. The summed E-state index contributed by atoms with van der Waals surface area (Å²) in [5, 5.41) is 4.21. The molecule has 0 radical (unpaired) electrons. The van der Waals surface area contributed by atoms with Crippen LogP contribution in [0.4, 0.5) is 13.2 Å². The molecule has 0 fully saturated rings. The highest BCUT2D eigenvalue weighted by atomic mass is 19.4. The Morgan fingerprint density at radius 3 is 2.18 bits per heavy atom. The van der Waals surface area contributed by atoms with Crippen LogP contribution in [0.5, 0.6) is 0 Å². The Morgan fingerprint density at radius 2 is 1.82 bits per heavy atom. The lowest BCUT2D eigenvalue weighted by atomic mass is 9.88. The van der Waals surface area contributed by atoms with E-state index in [0.717, 1.165) is 17.0 Å². The zero-order valence-electron chi connectivity index (χ0n) is 13.8. The Morgan fingerprint density at radius 1 is 1.27 bits per heavy atom. The molecule has 0 aliphatic heterocycles. The van der Waals surface area contributed by atoms with Gasteiger partial charge in [0.2, 0.25) is 6.10 Å². The number of carbonyl (C=O) groups is 1. The summed E-state index contributed by atoms with van der Waals surface area (Å²) in [4.78, 5) is 11.8. The van der Waals surface area contributed by atoms with Gasteiger partial charge in [-0.15, -0.1) is 0 Å². The summed E-state index contributed by atoms with van der Waals surface area (Å²) >= 11 is 0. The summed E-state index contributed by atoms with van der Waals surface area (Å²) in [6.07, 6.45) is -6.47. The van der Waals surface area contributed by atoms with Crippen molar-refractivity contribution in [2.75, 3.05) is 0 Å². The van der Waals surface area contributed by atoms with Crippen LogP contribution in [0.2, 0.25) is 0 Å². The first-order valence-electron chi connectivity index (χ1n) is 7.09. The molecule has 22 heavy (non-hydrogen) atoms. The number of carbonyl (C=O) groups excluding carboxylic acids is 1. The van der Waals surface area contributed by atoms with E-state index in [1.807, 2.05) is 6.92 Å². The van der Waals surface area contributed by atoms with Gasteiger partial charge in [0.1, 0.15) is 0 Å². The molecule has 0 saturated carbocycles. The van der Waals surface area contributed by atoms with E-state index in [2.05, 4.69) is 5.10 Å². The molecule has 1 aromatic rings. The quantitative estimate of drug-likeness (QED) is 0.798. The van der Waals surface area contributed by atoms with Gasteiger partial charge in [0.15, 0.2) is 0 Å². The number of hydrogen-bond donors (Lipinski definition) is 0. The topological polar surface area (TPSA) is 44.1 Å². The highest BCUT2D eigenvalue weighted by Gasteiger charge is 2.49. The second-order valence-electron chi connectivity index (χ2n) is 6.55. The molecule has 4 nitrogen and oxygen atoms in total. The summed E-state index contributed by atoms with van der Waals surface area (Å²) in [7, 11) is 1.78. The fourth-order valence-electron chi connectivity index (χ4n) is 2.33. The van der Waals surface area contributed by atoms with E-state index < -0.39 is 23.7 Å². The molecule has 1 atom stereocenters. The van der Waals surface area contributed by atoms with E-state index in [9.17, 15) is 18.0 Å². The maximum atomic E-state index is 13.0. The number of esters is 1. The van der Waals surface area contributed by atoms with Gasteiger partial charge in [-0.05, 0) is 25.8 Å². The molecule has 0 bridgehead atoms. The van der Waals surface area contributed by atoms with Crippen LogP contribution < -0.4 is 0 Å². The fraction of sp³-hybridized carbons (Fsp3) is 0.733. The van der Waals surface area contributed by atoms with Gasteiger partial charge in [-0.3, -0.25) is 9.48 Å². The van der Waals surface area contributed by atoms with Crippen LogP contribution in [0.3, 0.4) is 0 Å². The van der Waals surface area contributed by atoms with Gasteiger partial charge in [0.05, 0.1) is 5.69 Å². The van der Waals surface area contributed by atoms with Crippen molar-refractivity contribution in [3.63, 3.8) is 0 Å². The van der Waals surface area contributed by atoms with Crippen LogP contribution in [-0.2, 0) is 23.0 Å². The average molecular weight is 320 g/mol. The Balaban J connectivity index is 2.73. The third-order valence-electron chi connectivity index (χ3n) is 3.57. The van der Waals surface area contributed by atoms with Gasteiger partial charge in [-0.1, -0.05) is 20.8 Å². The van der Waals surface area contributed by atoms with E-state index in [-0.39, 0.29) is 6.42 Å². The molecule has 0 aromatic carbocycles. The fourth-order valence-corrected chi connectivity index (χ4v) is 2.33. The van der Waals surface area contributed by atoms with Crippen LogP contribution >= 0.6 is 0 Å². The third kappa shape index (κ3) is 4.48. The molecule has 0 spiro atoms. The van der Waals surface area contributed by atoms with Gasteiger partial charge < -0.3 is 4.74 Å². The standard InChI is InChI=1S/C15H23F3N2O2/c1-9-11(10(2)20(6)19-9)7-8-12(21)22-13(14(3,4)5)15(16,17)18/h13H,7-8H2,1-6H3/t13-/m0/s1. The molecular formula is C15H23F3N2O2. The van der Waals surface area contributed by atoms with Crippen molar-refractivity contribution in [1.29, 1.82) is 0 Å². The first-order chi connectivity index (χ1) is 9.84. The summed E-state index contributed by atoms with van der Waals surface area (Å²) < 4.78 is 45.3. The van der Waals surface area contributed by atoms with Crippen molar-refractivity contribution in [1.82, 2.24) is 9.78 Å². The first kappa shape index (κ1) is 18.5. The Labute approximate surface area is 128 Å². The van der Waals surface area contributed by atoms with Crippen molar-refractivity contribution >= 4 is 5.97 Å².